The molecule has 31 heavy (non-hydrogen) atoms. The van der Waals surface area contributed by atoms with Gasteiger partial charge in [0.15, 0.2) is 0 Å². The minimum absolute atomic E-state index is 0.152. The van der Waals surface area contributed by atoms with Gasteiger partial charge in [-0.1, -0.05) is 0 Å². The molecule has 1 aromatic carbocycles. The number of halogens is 1. The van der Waals surface area contributed by atoms with Crippen LogP contribution in [0.5, 0.6) is 0 Å². The molecule has 1 aliphatic rings. The average Bonchev–Trinajstić information content (AvgIpc) is 2.73. The second kappa shape index (κ2) is 9.20. The minimum Gasteiger partial charge on any atom is -0.366 e. The van der Waals surface area contributed by atoms with Crippen LogP contribution in [0, 0.1) is 17.1 Å². The Bertz CT molecular complexity index is 1050. The Labute approximate surface area is 183 Å². The number of sulfonamides is 1. The number of aromatic nitrogens is 1. The van der Waals surface area contributed by atoms with Gasteiger partial charge in [0.25, 0.3) is 0 Å². The molecule has 0 unspecified atom stereocenters. The summed E-state index contributed by atoms with van der Waals surface area (Å²) in [6.07, 6.45) is 1.41. The Balaban J connectivity index is 1.70. The Morgan fingerprint density at radius 3 is 2.13 bits per heavy atom. The zero-order valence-electron chi connectivity index (χ0n) is 18.3. The summed E-state index contributed by atoms with van der Waals surface area (Å²) in [7, 11) is -3.62. The number of pyridine rings is 1. The van der Waals surface area contributed by atoms with E-state index in [-0.39, 0.29) is 17.0 Å². The fourth-order valence-corrected chi connectivity index (χ4v) is 5.77. The maximum Gasteiger partial charge on any atom is 0.245 e. The molecular formula is C22H28FN5O2S. The van der Waals surface area contributed by atoms with Crippen molar-refractivity contribution in [2.75, 3.05) is 36.0 Å². The third-order valence-corrected chi connectivity index (χ3v) is 7.57. The standard InChI is InChI=1S/C22H28FN5O2S/c1-16(2)28(17(3)4)31(29,30)19-6-8-22(25-15-19)27-11-9-26(10-12-27)21-7-5-18(14-24)13-20(21)23/h5-8,13,15-17H,9-12H2,1-4H3. The van der Waals surface area contributed by atoms with E-state index in [1.807, 2.05) is 38.7 Å². The van der Waals surface area contributed by atoms with Gasteiger partial charge >= 0.3 is 0 Å². The monoisotopic (exact) mass is 445 g/mol. The maximum atomic E-state index is 14.3. The molecule has 166 valence electrons. The van der Waals surface area contributed by atoms with Crippen LogP contribution in [0.15, 0.2) is 41.4 Å². The Morgan fingerprint density at radius 2 is 1.65 bits per heavy atom. The first-order chi connectivity index (χ1) is 14.6. The molecule has 1 aromatic heterocycles. The van der Waals surface area contributed by atoms with Crippen LogP contribution in [0.25, 0.3) is 0 Å². The lowest BCUT2D eigenvalue weighted by atomic mass is 10.2. The van der Waals surface area contributed by atoms with Crippen molar-refractivity contribution in [1.29, 1.82) is 5.26 Å². The zero-order chi connectivity index (χ0) is 22.8. The number of piperazine rings is 1. The third kappa shape index (κ3) is 4.81. The number of benzene rings is 1. The molecule has 1 aliphatic heterocycles. The van der Waals surface area contributed by atoms with E-state index in [0.717, 1.165) is 0 Å². The molecule has 7 nitrogen and oxygen atoms in total. The fraction of sp³-hybridized carbons (Fsp3) is 0.455. The molecule has 9 heteroatoms. The lowest BCUT2D eigenvalue weighted by molar-refractivity contribution is 0.302. The molecule has 0 aliphatic carbocycles. The fourth-order valence-electron chi connectivity index (χ4n) is 3.99. The van der Waals surface area contributed by atoms with Crippen molar-refractivity contribution < 1.29 is 12.8 Å². The summed E-state index contributed by atoms with van der Waals surface area (Å²) in [5.41, 5.74) is 0.781. The van der Waals surface area contributed by atoms with Gasteiger partial charge in [0.1, 0.15) is 16.5 Å². The Hall–Kier alpha value is -2.70. The second-order valence-electron chi connectivity index (χ2n) is 8.13. The first kappa shape index (κ1) is 23.0. The van der Waals surface area contributed by atoms with Crippen LogP contribution in [0.2, 0.25) is 0 Å². The lowest BCUT2D eigenvalue weighted by Gasteiger charge is -2.37. The lowest BCUT2D eigenvalue weighted by Crippen LogP contribution is -2.47. The second-order valence-corrected chi connectivity index (χ2v) is 9.97. The molecular weight excluding hydrogens is 417 g/mol. The molecule has 0 amide bonds. The van der Waals surface area contributed by atoms with Crippen molar-refractivity contribution >= 4 is 21.5 Å². The molecule has 0 N–H and O–H groups in total. The molecule has 0 radical (unpaired) electrons. The number of rotatable bonds is 6. The number of hydrogen-bond acceptors (Lipinski definition) is 6. The van der Waals surface area contributed by atoms with E-state index in [1.165, 1.54) is 16.6 Å². The van der Waals surface area contributed by atoms with Crippen molar-refractivity contribution in [2.45, 2.75) is 44.7 Å². The zero-order valence-corrected chi connectivity index (χ0v) is 19.1. The first-order valence-electron chi connectivity index (χ1n) is 10.3. The third-order valence-electron chi connectivity index (χ3n) is 5.34. The normalized spacial score (nSPS) is 15.1. The number of nitriles is 1. The molecule has 1 fully saturated rings. The van der Waals surface area contributed by atoms with E-state index in [4.69, 9.17) is 5.26 Å². The molecule has 1 saturated heterocycles. The van der Waals surface area contributed by atoms with E-state index in [1.54, 1.807) is 24.3 Å². The van der Waals surface area contributed by atoms with Crippen molar-refractivity contribution in [1.82, 2.24) is 9.29 Å². The highest BCUT2D eigenvalue weighted by Gasteiger charge is 2.30. The topological polar surface area (TPSA) is 80.5 Å². The number of nitrogens with zero attached hydrogens (tertiary/aromatic N) is 5. The summed E-state index contributed by atoms with van der Waals surface area (Å²) in [5.74, 6) is 0.291. The molecule has 3 rings (SSSR count). The predicted octanol–water partition coefficient (Wildman–Crippen LogP) is 3.23. The van der Waals surface area contributed by atoms with Crippen molar-refractivity contribution in [3.05, 3.63) is 47.9 Å². The average molecular weight is 446 g/mol. The summed E-state index contributed by atoms with van der Waals surface area (Å²) in [6.45, 7) is 9.87. The van der Waals surface area contributed by atoms with Crippen molar-refractivity contribution in [3.8, 4) is 6.07 Å². The summed E-state index contributed by atoms with van der Waals surface area (Å²) in [6, 6.07) is 9.46. The van der Waals surface area contributed by atoms with Crippen LogP contribution in [0.3, 0.4) is 0 Å². The Kier molecular flexibility index (Phi) is 6.82. The van der Waals surface area contributed by atoms with Crippen LogP contribution >= 0.6 is 0 Å². The molecule has 2 heterocycles. The van der Waals surface area contributed by atoms with Crippen LogP contribution in [0.1, 0.15) is 33.3 Å². The summed E-state index contributed by atoms with van der Waals surface area (Å²) in [5, 5.41) is 8.89. The summed E-state index contributed by atoms with van der Waals surface area (Å²) >= 11 is 0. The minimum atomic E-state index is -3.62. The van der Waals surface area contributed by atoms with Gasteiger partial charge in [-0.05, 0) is 58.0 Å². The first-order valence-corrected chi connectivity index (χ1v) is 11.8. The van der Waals surface area contributed by atoms with Crippen LogP contribution < -0.4 is 9.80 Å². The van der Waals surface area contributed by atoms with Gasteiger partial charge in [-0.3, -0.25) is 0 Å². The summed E-state index contributed by atoms with van der Waals surface area (Å²) in [4.78, 5) is 8.57. The smallest absolute Gasteiger partial charge is 0.245 e. The highest BCUT2D eigenvalue weighted by atomic mass is 32.2. The van der Waals surface area contributed by atoms with E-state index in [2.05, 4.69) is 9.88 Å². The van der Waals surface area contributed by atoms with Gasteiger partial charge in [0.2, 0.25) is 10.0 Å². The molecule has 2 aromatic rings. The molecule has 0 bridgehead atoms. The number of anilines is 2. The van der Waals surface area contributed by atoms with Gasteiger partial charge in [0, 0.05) is 44.5 Å². The molecule has 0 atom stereocenters. The van der Waals surface area contributed by atoms with Crippen molar-refractivity contribution in [2.24, 2.45) is 0 Å². The maximum absolute atomic E-state index is 14.3. The summed E-state index contributed by atoms with van der Waals surface area (Å²) < 4.78 is 41.8. The largest absolute Gasteiger partial charge is 0.366 e. The highest BCUT2D eigenvalue weighted by molar-refractivity contribution is 7.89. The van der Waals surface area contributed by atoms with Gasteiger partial charge in [-0.15, -0.1) is 0 Å². The SMILES string of the molecule is CC(C)N(C(C)C)S(=O)(=O)c1ccc(N2CCN(c3ccc(C#N)cc3F)CC2)nc1. The molecule has 0 saturated carbocycles. The van der Waals surface area contributed by atoms with Crippen LogP contribution in [0.4, 0.5) is 15.9 Å². The Morgan fingerprint density at radius 1 is 1.03 bits per heavy atom. The van der Waals surface area contributed by atoms with Gasteiger partial charge < -0.3 is 9.80 Å². The van der Waals surface area contributed by atoms with Crippen molar-refractivity contribution in [3.63, 3.8) is 0 Å². The van der Waals surface area contributed by atoms with Crippen LogP contribution in [-0.2, 0) is 10.0 Å². The van der Waals surface area contributed by atoms with E-state index in [0.29, 0.717) is 43.2 Å². The predicted molar refractivity (Wildman–Crippen MR) is 119 cm³/mol. The highest BCUT2D eigenvalue weighted by Crippen LogP contribution is 2.25. The van der Waals surface area contributed by atoms with Gasteiger partial charge in [-0.25, -0.2) is 17.8 Å². The van der Waals surface area contributed by atoms with Gasteiger partial charge in [0.05, 0.1) is 17.3 Å². The van der Waals surface area contributed by atoms with Gasteiger partial charge in [-0.2, -0.15) is 9.57 Å². The van der Waals surface area contributed by atoms with E-state index < -0.39 is 15.8 Å². The van der Waals surface area contributed by atoms with Crippen LogP contribution in [-0.4, -0.2) is 56.0 Å². The molecule has 0 spiro atoms. The van der Waals surface area contributed by atoms with E-state index >= 15 is 0 Å². The van der Waals surface area contributed by atoms with E-state index in [9.17, 15) is 12.8 Å². The quantitative estimate of drug-likeness (QED) is 0.679. The number of hydrogen-bond donors (Lipinski definition) is 0.